The summed E-state index contributed by atoms with van der Waals surface area (Å²) in [6.45, 7) is 1.95. The molecule has 1 saturated carbocycles. The number of hydrogen-bond acceptors (Lipinski definition) is 2. The molecule has 0 aliphatic heterocycles. The highest BCUT2D eigenvalue weighted by Gasteiger charge is 2.33. The SMILES string of the molecule is CN(C(=O)O)C1CCC(C)(C#N)CC1. The third-order valence-corrected chi connectivity index (χ3v) is 3.18. The van der Waals surface area contributed by atoms with Crippen molar-refractivity contribution in [2.45, 2.75) is 38.6 Å². The van der Waals surface area contributed by atoms with Gasteiger partial charge in [0.05, 0.1) is 11.5 Å². The molecule has 1 N–H and O–H groups in total. The Bertz CT molecular complexity index is 262. The fourth-order valence-electron chi connectivity index (χ4n) is 1.89. The van der Waals surface area contributed by atoms with Gasteiger partial charge in [0.2, 0.25) is 0 Å². The molecule has 0 aromatic rings. The second-order valence-corrected chi connectivity index (χ2v) is 4.30. The van der Waals surface area contributed by atoms with Gasteiger partial charge in [0.1, 0.15) is 0 Å². The van der Waals surface area contributed by atoms with Gasteiger partial charge in [0.15, 0.2) is 0 Å². The first-order valence-corrected chi connectivity index (χ1v) is 4.85. The lowest BCUT2D eigenvalue weighted by Gasteiger charge is -2.35. The summed E-state index contributed by atoms with van der Waals surface area (Å²) in [5.74, 6) is 0. The molecule has 1 aliphatic carbocycles. The third-order valence-electron chi connectivity index (χ3n) is 3.18. The van der Waals surface area contributed by atoms with Crippen LogP contribution < -0.4 is 0 Å². The van der Waals surface area contributed by atoms with Crippen LogP contribution in [0.15, 0.2) is 0 Å². The molecule has 0 aromatic carbocycles. The highest BCUT2D eigenvalue weighted by Crippen LogP contribution is 2.36. The zero-order valence-corrected chi connectivity index (χ0v) is 8.66. The average Bonchev–Trinajstić information content (AvgIpc) is 2.18. The van der Waals surface area contributed by atoms with Crippen LogP contribution in [-0.2, 0) is 0 Å². The average molecular weight is 196 g/mol. The minimum absolute atomic E-state index is 0.0916. The number of rotatable bonds is 1. The predicted octanol–water partition coefficient (Wildman–Crippen LogP) is 2.07. The fraction of sp³-hybridized carbons (Fsp3) is 0.800. The second kappa shape index (κ2) is 3.87. The van der Waals surface area contributed by atoms with Crippen LogP contribution >= 0.6 is 0 Å². The molecule has 1 amide bonds. The Hall–Kier alpha value is -1.24. The number of amides is 1. The van der Waals surface area contributed by atoms with Gasteiger partial charge in [-0.3, -0.25) is 0 Å². The molecule has 0 heterocycles. The molecule has 0 bridgehead atoms. The molecule has 0 unspecified atom stereocenters. The van der Waals surface area contributed by atoms with Crippen LogP contribution in [-0.4, -0.2) is 29.2 Å². The molecule has 4 heteroatoms. The van der Waals surface area contributed by atoms with Gasteiger partial charge in [-0.25, -0.2) is 4.79 Å². The van der Waals surface area contributed by atoms with Gasteiger partial charge in [-0.05, 0) is 32.6 Å². The highest BCUT2D eigenvalue weighted by molar-refractivity contribution is 5.64. The summed E-state index contributed by atoms with van der Waals surface area (Å²) >= 11 is 0. The summed E-state index contributed by atoms with van der Waals surface area (Å²) in [6, 6.07) is 2.39. The number of carboxylic acid groups (broad SMARTS) is 1. The normalized spacial score (nSPS) is 31.9. The zero-order chi connectivity index (χ0) is 10.8. The maximum Gasteiger partial charge on any atom is 0.407 e. The first-order chi connectivity index (χ1) is 6.48. The molecular formula is C10H16N2O2. The van der Waals surface area contributed by atoms with Crippen molar-refractivity contribution in [2.75, 3.05) is 7.05 Å². The van der Waals surface area contributed by atoms with Crippen molar-refractivity contribution in [1.82, 2.24) is 4.90 Å². The number of nitriles is 1. The van der Waals surface area contributed by atoms with E-state index in [1.807, 2.05) is 6.92 Å². The van der Waals surface area contributed by atoms with E-state index >= 15 is 0 Å². The van der Waals surface area contributed by atoms with E-state index in [1.165, 1.54) is 4.90 Å². The van der Waals surface area contributed by atoms with Gasteiger partial charge in [0, 0.05) is 13.1 Å². The maximum absolute atomic E-state index is 10.7. The molecule has 14 heavy (non-hydrogen) atoms. The van der Waals surface area contributed by atoms with Gasteiger partial charge < -0.3 is 10.0 Å². The van der Waals surface area contributed by atoms with E-state index in [-0.39, 0.29) is 11.5 Å². The Morgan fingerprint density at radius 2 is 2.07 bits per heavy atom. The van der Waals surface area contributed by atoms with Crippen molar-refractivity contribution >= 4 is 6.09 Å². The molecule has 1 aliphatic rings. The first kappa shape index (κ1) is 10.8. The van der Waals surface area contributed by atoms with Crippen LogP contribution in [0.1, 0.15) is 32.6 Å². The number of carbonyl (C=O) groups is 1. The van der Waals surface area contributed by atoms with Crippen LogP contribution in [0.4, 0.5) is 4.79 Å². The lowest BCUT2D eigenvalue weighted by atomic mass is 9.75. The largest absolute Gasteiger partial charge is 0.465 e. The summed E-state index contributed by atoms with van der Waals surface area (Å²) in [7, 11) is 1.60. The lowest BCUT2D eigenvalue weighted by Crippen LogP contribution is -2.40. The maximum atomic E-state index is 10.7. The van der Waals surface area contributed by atoms with Gasteiger partial charge in [-0.15, -0.1) is 0 Å². The topological polar surface area (TPSA) is 64.3 Å². The van der Waals surface area contributed by atoms with Crippen LogP contribution in [0.2, 0.25) is 0 Å². The summed E-state index contributed by atoms with van der Waals surface area (Å²) in [4.78, 5) is 12.0. The molecule has 4 nitrogen and oxygen atoms in total. The van der Waals surface area contributed by atoms with E-state index in [9.17, 15) is 4.79 Å². The summed E-state index contributed by atoms with van der Waals surface area (Å²) in [5.41, 5.74) is -0.240. The predicted molar refractivity (Wildman–Crippen MR) is 51.8 cm³/mol. The van der Waals surface area contributed by atoms with Crippen molar-refractivity contribution in [3.8, 4) is 6.07 Å². The number of hydrogen-bond donors (Lipinski definition) is 1. The van der Waals surface area contributed by atoms with E-state index in [0.717, 1.165) is 25.7 Å². The van der Waals surface area contributed by atoms with E-state index in [2.05, 4.69) is 6.07 Å². The Morgan fingerprint density at radius 3 is 2.43 bits per heavy atom. The minimum Gasteiger partial charge on any atom is -0.465 e. The molecule has 0 atom stereocenters. The fourth-order valence-corrected chi connectivity index (χ4v) is 1.89. The standard InChI is InChI=1S/C10H16N2O2/c1-10(7-11)5-3-8(4-6-10)12(2)9(13)14/h8H,3-6H2,1-2H3,(H,13,14). The van der Waals surface area contributed by atoms with Crippen LogP contribution in [0.25, 0.3) is 0 Å². The second-order valence-electron chi connectivity index (χ2n) is 4.30. The van der Waals surface area contributed by atoms with Gasteiger partial charge in [-0.1, -0.05) is 0 Å². The minimum atomic E-state index is -0.879. The Morgan fingerprint density at radius 1 is 1.57 bits per heavy atom. The van der Waals surface area contributed by atoms with Crippen LogP contribution in [0, 0.1) is 16.7 Å². The van der Waals surface area contributed by atoms with E-state index in [0.29, 0.717) is 0 Å². The molecule has 0 aromatic heterocycles. The van der Waals surface area contributed by atoms with Gasteiger partial charge >= 0.3 is 6.09 Å². The molecule has 78 valence electrons. The van der Waals surface area contributed by atoms with E-state index in [1.54, 1.807) is 7.05 Å². The Labute approximate surface area is 84.1 Å². The monoisotopic (exact) mass is 196 g/mol. The smallest absolute Gasteiger partial charge is 0.407 e. The van der Waals surface area contributed by atoms with Gasteiger partial charge in [-0.2, -0.15) is 5.26 Å². The van der Waals surface area contributed by atoms with Crippen molar-refractivity contribution in [1.29, 1.82) is 5.26 Å². The molecule has 1 fully saturated rings. The lowest BCUT2D eigenvalue weighted by molar-refractivity contribution is 0.112. The summed E-state index contributed by atoms with van der Waals surface area (Å²) in [6.07, 6.45) is 2.31. The van der Waals surface area contributed by atoms with E-state index in [4.69, 9.17) is 10.4 Å². The summed E-state index contributed by atoms with van der Waals surface area (Å²) in [5, 5.41) is 17.7. The Kier molecular flexibility index (Phi) is 3.00. The molecule has 1 rings (SSSR count). The summed E-state index contributed by atoms with van der Waals surface area (Å²) < 4.78 is 0. The first-order valence-electron chi connectivity index (χ1n) is 4.85. The van der Waals surface area contributed by atoms with E-state index < -0.39 is 6.09 Å². The molecule has 0 radical (unpaired) electrons. The number of nitrogens with zero attached hydrogens (tertiary/aromatic N) is 2. The van der Waals surface area contributed by atoms with Crippen LogP contribution in [0.5, 0.6) is 0 Å². The third kappa shape index (κ3) is 2.16. The molecule has 0 saturated heterocycles. The zero-order valence-electron chi connectivity index (χ0n) is 8.66. The van der Waals surface area contributed by atoms with Gasteiger partial charge in [0.25, 0.3) is 0 Å². The molecule has 0 spiro atoms. The van der Waals surface area contributed by atoms with Crippen molar-refractivity contribution in [2.24, 2.45) is 5.41 Å². The quantitative estimate of drug-likeness (QED) is 0.698. The van der Waals surface area contributed by atoms with Crippen molar-refractivity contribution < 1.29 is 9.90 Å². The van der Waals surface area contributed by atoms with Crippen LogP contribution in [0.3, 0.4) is 0 Å². The highest BCUT2D eigenvalue weighted by atomic mass is 16.4. The van der Waals surface area contributed by atoms with Crippen molar-refractivity contribution in [3.05, 3.63) is 0 Å². The Balaban J connectivity index is 2.52. The molecular weight excluding hydrogens is 180 g/mol. The van der Waals surface area contributed by atoms with Crippen molar-refractivity contribution in [3.63, 3.8) is 0 Å².